The molecule has 0 aromatic rings. The Bertz CT molecular complexity index is 78.6. The third-order valence-electron chi connectivity index (χ3n) is 0.752. The van der Waals surface area contributed by atoms with Crippen molar-refractivity contribution in [2.45, 2.75) is 6.17 Å². The largest absolute Gasteiger partial charge is 0.313 e. The molecule has 0 aromatic heterocycles. The van der Waals surface area contributed by atoms with E-state index in [1.165, 1.54) is 0 Å². The van der Waals surface area contributed by atoms with Gasteiger partial charge in [-0.25, -0.2) is 0 Å². The summed E-state index contributed by atoms with van der Waals surface area (Å²) < 4.78 is 0. The van der Waals surface area contributed by atoms with E-state index in [2.05, 4.69) is 18.5 Å². The van der Waals surface area contributed by atoms with Crippen molar-refractivity contribution in [1.82, 2.24) is 5.32 Å². The minimum absolute atomic E-state index is 0.104. The Morgan fingerprint density at radius 2 is 2.25 bits per heavy atom. The van der Waals surface area contributed by atoms with Crippen molar-refractivity contribution in [3.05, 3.63) is 25.3 Å². The van der Waals surface area contributed by atoms with Crippen LogP contribution in [0.2, 0.25) is 0 Å². The van der Waals surface area contributed by atoms with Gasteiger partial charge >= 0.3 is 0 Å². The zero-order valence-electron chi connectivity index (χ0n) is 4.93. The van der Waals surface area contributed by atoms with Crippen LogP contribution in [0.5, 0.6) is 0 Å². The van der Waals surface area contributed by atoms with E-state index in [0.717, 1.165) is 6.54 Å². The molecule has 0 spiro atoms. The van der Waals surface area contributed by atoms with Crippen LogP contribution in [0.1, 0.15) is 0 Å². The summed E-state index contributed by atoms with van der Waals surface area (Å²) >= 11 is 0. The molecule has 3 N–H and O–H groups in total. The molecule has 0 heterocycles. The predicted octanol–water partition coefficient (Wildman–Crippen LogP) is 0.233. The van der Waals surface area contributed by atoms with Gasteiger partial charge in [0.1, 0.15) is 0 Å². The first-order valence-corrected chi connectivity index (χ1v) is 2.53. The second kappa shape index (κ2) is 4.56. The van der Waals surface area contributed by atoms with Gasteiger partial charge in [-0.2, -0.15) is 0 Å². The molecule has 0 aliphatic carbocycles. The Balaban J connectivity index is 3.09. The van der Waals surface area contributed by atoms with E-state index >= 15 is 0 Å². The molecule has 2 heteroatoms. The van der Waals surface area contributed by atoms with Crippen LogP contribution in [0.15, 0.2) is 25.3 Å². The maximum absolute atomic E-state index is 5.38. The van der Waals surface area contributed by atoms with Crippen LogP contribution in [0.25, 0.3) is 0 Å². The molecule has 0 fully saturated rings. The lowest BCUT2D eigenvalue weighted by Crippen LogP contribution is -2.34. The maximum atomic E-state index is 5.38. The highest BCUT2D eigenvalue weighted by atomic mass is 15.0. The van der Waals surface area contributed by atoms with E-state index in [-0.39, 0.29) is 6.17 Å². The van der Waals surface area contributed by atoms with Crippen LogP contribution in [0.3, 0.4) is 0 Å². The number of hydrogen-bond donors (Lipinski definition) is 2. The maximum Gasteiger partial charge on any atom is 0.0738 e. The van der Waals surface area contributed by atoms with Crippen molar-refractivity contribution in [3.63, 3.8) is 0 Å². The topological polar surface area (TPSA) is 38.0 Å². The quantitative estimate of drug-likeness (QED) is 0.403. The molecule has 1 unspecified atom stereocenters. The number of hydrogen-bond acceptors (Lipinski definition) is 2. The van der Waals surface area contributed by atoms with Crippen molar-refractivity contribution in [1.29, 1.82) is 0 Å². The minimum Gasteiger partial charge on any atom is -0.313 e. The van der Waals surface area contributed by atoms with E-state index in [1.807, 2.05) is 0 Å². The summed E-state index contributed by atoms with van der Waals surface area (Å²) in [7, 11) is 0. The van der Waals surface area contributed by atoms with Crippen molar-refractivity contribution in [3.8, 4) is 0 Å². The minimum atomic E-state index is -0.104. The Morgan fingerprint density at radius 3 is 2.62 bits per heavy atom. The van der Waals surface area contributed by atoms with E-state index in [9.17, 15) is 0 Å². The van der Waals surface area contributed by atoms with Crippen molar-refractivity contribution >= 4 is 0 Å². The van der Waals surface area contributed by atoms with Gasteiger partial charge in [0.25, 0.3) is 0 Å². The van der Waals surface area contributed by atoms with Gasteiger partial charge in [0, 0.05) is 6.54 Å². The average Bonchev–Trinajstić information content (AvgIpc) is 1.83. The van der Waals surface area contributed by atoms with Crippen LogP contribution in [-0.2, 0) is 0 Å². The van der Waals surface area contributed by atoms with Gasteiger partial charge in [0.05, 0.1) is 6.17 Å². The monoisotopic (exact) mass is 112 g/mol. The first-order valence-electron chi connectivity index (χ1n) is 2.53. The molecular formula is C6H12N2. The van der Waals surface area contributed by atoms with Gasteiger partial charge in [-0.3, -0.25) is 5.32 Å². The molecule has 0 aromatic carbocycles. The number of rotatable bonds is 4. The molecule has 0 saturated carbocycles. The SMILES string of the molecule is C=CCNC(N)C=C. The van der Waals surface area contributed by atoms with Gasteiger partial charge < -0.3 is 5.73 Å². The molecule has 1 atom stereocenters. The lowest BCUT2D eigenvalue weighted by atomic mass is 10.5. The summed E-state index contributed by atoms with van der Waals surface area (Å²) in [5.74, 6) is 0. The zero-order chi connectivity index (χ0) is 6.41. The molecular weight excluding hydrogens is 100 g/mol. The lowest BCUT2D eigenvalue weighted by Gasteiger charge is -2.03. The molecule has 0 aliphatic rings. The Kier molecular flexibility index (Phi) is 4.21. The first kappa shape index (κ1) is 7.40. The predicted molar refractivity (Wildman–Crippen MR) is 36.4 cm³/mol. The standard InChI is InChI=1S/C6H12N2/c1-3-5-8-6(7)4-2/h3-4,6,8H,1-2,5,7H2. The molecule has 2 nitrogen and oxygen atoms in total. The lowest BCUT2D eigenvalue weighted by molar-refractivity contribution is 0.661. The van der Waals surface area contributed by atoms with Crippen molar-refractivity contribution in [2.24, 2.45) is 5.73 Å². The highest BCUT2D eigenvalue weighted by Gasteiger charge is 1.87. The smallest absolute Gasteiger partial charge is 0.0738 e. The Morgan fingerprint density at radius 1 is 1.62 bits per heavy atom. The highest BCUT2D eigenvalue weighted by molar-refractivity contribution is 4.82. The molecule has 0 bridgehead atoms. The van der Waals surface area contributed by atoms with Crippen LogP contribution in [-0.4, -0.2) is 12.7 Å². The zero-order valence-corrected chi connectivity index (χ0v) is 4.93. The summed E-state index contributed by atoms with van der Waals surface area (Å²) in [5, 5.41) is 2.92. The van der Waals surface area contributed by atoms with Gasteiger partial charge in [-0.05, 0) is 0 Å². The molecule has 0 saturated heterocycles. The summed E-state index contributed by atoms with van der Waals surface area (Å²) in [6.45, 7) is 7.74. The summed E-state index contributed by atoms with van der Waals surface area (Å²) in [6, 6.07) is 0. The highest BCUT2D eigenvalue weighted by Crippen LogP contribution is 1.69. The second-order valence-electron chi connectivity index (χ2n) is 1.46. The fourth-order valence-corrected chi connectivity index (χ4v) is 0.303. The molecule has 0 rings (SSSR count). The molecule has 0 aliphatic heterocycles. The summed E-state index contributed by atoms with van der Waals surface area (Å²) in [5.41, 5.74) is 5.38. The third-order valence-corrected chi connectivity index (χ3v) is 0.752. The molecule has 0 amide bonds. The molecule has 0 radical (unpaired) electrons. The van der Waals surface area contributed by atoms with E-state index in [4.69, 9.17) is 5.73 Å². The van der Waals surface area contributed by atoms with Gasteiger partial charge in [0.15, 0.2) is 0 Å². The van der Waals surface area contributed by atoms with Crippen LogP contribution >= 0.6 is 0 Å². The molecule has 8 heavy (non-hydrogen) atoms. The molecule has 46 valence electrons. The van der Waals surface area contributed by atoms with Crippen molar-refractivity contribution in [2.75, 3.05) is 6.54 Å². The van der Waals surface area contributed by atoms with Crippen LogP contribution in [0, 0.1) is 0 Å². The average molecular weight is 112 g/mol. The second-order valence-corrected chi connectivity index (χ2v) is 1.46. The van der Waals surface area contributed by atoms with Gasteiger partial charge in [0.2, 0.25) is 0 Å². The van der Waals surface area contributed by atoms with Crippen LogP contribution < -0.4 is 11.1 Å². The van der Waals surface area contributed by atoms with Crippen molar-refractivity contribution < 1.29 is 0 Å². The normalized spacial score (nSPS) is 12.6. The fraction of sp³-hybridized carbons (Fsp3) is 0.333. The summed E-state index contributed by atoms with van der Waals surface area (Å²) in [6.07, 6.45) is 3.29. The van der Waals surface area contributed by atoms with Gasteiger partial charge in [-0.15, -0.1) is 13.2 Å². The summed E-state index contributed by atoms with van der Waals surface area (Å²) in [4.78, 5) is 0. The van der Waals surface area contributed by atoms with E-state index < -0.39 is 0 Å². The first-order chi connectivity index (χ1) is 3.81. The fourth-order valence-electron chi connectivity index (χ4n) is 0.303. The Hall–Kier alpha value is -0.600. The van der Waals surface area contributed by atoms with E-state index in [1.54, 1.807) is 12.2 Å². The number of nitrogens with two attached hydrogens (primary N) is 1. The van der Waals surface area contributed by atoms with E-state index in [0.29, 0.717) is 0 Å². The number of nitrogens with one attached hydrogen (secondary N) is 1. The van der Waals surface area contributed by atoms with Crippen LogP contribution in [0.4, 0.5) is 0 Å². The Labute approximate surface area is 50.1 Å². The third kappa shape index (κ3) is 3.59. The van der Waals surface area contributed by atoms with Gasteiger partial charge in [-0.1, -0.05) is 12.2 Å².